The molecule has 0 aromatic heterocycles. The van der Waals surface area contributed by atoms with Crippen LogP contribution in [0.4, 0.5) is 0 Å². The quantitative estimate of drug-likeness (QED) is 0.0390. The van der Waals surface area contributed by atoms with Crippen molar-refractivity contribution in [2.24, 2.45) is 0 Å². The zero-order valence-electron chi connectivity index (χ0n) is 47.1. The van der Waals surface area contributed by atoms with Crippen molar-refractivity contribution < 1.29 is 25.2 Å². The summed E-state index contributed by atoms with van der Waals surface area (Å²) in [7, 11) is 0. The first-order chi connectivity index (χ1) is 34.0. The fourth-order valence-electron chi connectivity index (χ4n) is 10.6. The molecule has 0 aromatic rings. The van der Waals surface area contributed by atoms with E-state index in [0.29, 0.717) is 12.8 Å². The molecule has 0 rings (SSSR count). The van der Waals surface area contributed by atoms with Crippen molar-refractivity contribution in [2.75, 3.05) is 6.61 Å². The number of unbranched alkanes of at least 4 members (excludes halogenated alkanes) is 51. The first kappa shape index (κ1) is 68.3. The number of carbonyl (C=O) groups excluding carboxylic acids is 1. The molecular weight excluding hydrogens is 851 g/mol. The largest absolute Gasteiger partial charge is 0.394 e. The molecule has 0 saturated carbocycles. The molecule has 0 aliphatic carbocycles. The summed E-state index contributed by atoms with van der Waals surface area (Å²) in [6.45, 7) is 4.11. The van der Waals surface area contributed by atoms with Crippen LogP contribution in [0.2, 0.25) is 0 Å². The highest BCUT2D eigenvalue weighted by atomic mass is 16.3. The van der Waals surface area contributed by atoms with Crippen molar-refractivity contribution in [1.29, 1.82) is 0 Å². The number of amides is 1. The zero-order valence-corrected chi connectivity index (χ0v) is 47.1. The van der Waals surface area contributed by atoms with Crippen LogP contribution in [0.3, 0.4) is 0 Å². The molecule has 4 unspecified atom stereocenters. The molecule has 69 heavy (non-hydrogen) atoms. The summed E-state index contributed by atoms with van der Waals surface area (Å²) in [6, 6.07) is -0.981. The van der Waals surface area contributed by atoms with E-state index in [0.717, 1.165) is 38.5 Å². The second-order valence-electron chi connectivity index (χ2n) is 22.5. The van der Waals surface area contributed by atoms with Gasteiger partial charge in [-0.25, -0.2) is 0 Å². The lowest BCUT2D eigenvalue weighted by Crippen LogP contribution is -2.53. The molecule has 0 aliphatic rings. The van der Waals surface area contributed by atoms with Gasteiger partial charge in [-0.15, -0.1) is 0 Å². The average Bonchev–Trinajstić information content (AvgIpc) is 3.35. The van der Waals surface area contributed by atoms with Crippen molar-refractivity contribution in [2.45, 2.75) is 391 Å². The van der Waals surface area contributed by atoms with Gasteiger partial charge >= 0.3 is 0 Å². The van der Waals surface area contributed by atoms with Gasteiger partial charge in [0.1, 0.15) is 12.2 Å². The number of hydrogen-bond donors (Lipinski definition) is 5. The Labute approximate surface area is 432 Å². The van der Waals surface area contributed by atoms with Gasteiger partial charge in [0.25, 0.3) is 0 Å². The Morgan fingerprint density at radius 2 is 0.493 bits per heavy atom. The van der Waals surface area contributed by atoms with Crippen LogP contribution in [0.1, 0.15) is 367 Å². The first-order valence-electron chi connectivity index (χ1n) is 31.9. The average molecular weight is 979 g/mol. The Morgan fingerprint density at radius 3 is 0.696 bits per heavy atom. The van der Waals surface area contributed by atoms with E-state index in [9.17, 15) is 25.2 Å². The summed E-state index contributed by atoms with van der Waals surface area (Å²) in [6.07, 6.45) is 69.1. The predicted octanol–water partition coefficient (Wildman–Crippen LogP) is 19.0. The number of rotatable bonds is 60. The molecule has 1 amide bonds. The Hall–Kier alpha value is -0.690. The molecule has 0 radical (unpaired) electrons. The van der Waals surface area contributed by atoms with Gasteiger partial charge in [-0.2, -0.15) is 0 Å². The molecule has 0 aliphatic heterocycles. The molecule has 0 saturated heterocycles. The van der Waals surface area contributed by atoms with Crippen LogP contribution < -0.4 is 5.32 Å². The van der Waals surface area contributed by atoms with E-state index in [-0.39, 0.29) is 0 Å². The van der Waals surface area contributed by atoms with Crippen molar-refractivity contribution in [3.63, 3.8) is 0 Å². The van der Waals surface area contributed by atoms with E-state index >= 15 is 0 Å². The lowest BCUT2D eigenvalue weighted by molar-refractivity contribution is -0.132. The topological polar surface area (TPSA) is 110 Å². The fourth-order valence-corrected chi connectivity index (χ4v) is 10.6. The molecule has 6 heteroatoms. The van der Waals surface area contributed by atoms with Gasteiger partial charge in [-0.05, 0) is 12.8 Å². The van der Waals surface area contributed by atoms with Gasteiger partial charge in [0, 0.05) is 0 Å². The van der Waals surface area contributed by atoms with Crippen molar-refractivity contribution in [3.05, 3.63) is 0 Å². The minimum absolute atomic E-state index is 0.377. The summed E-state index contributed by atoms with van der Waals surface area (Å²) in [5.74, 6) is -0.574. The predicted molar refractivity (Wildman–Crippen MR) is 302 cm³/mol. The lowest BCUT2D eigenvalue weighted by atomic mass is 9.99. The number of aliphatic hydroxyl groups is 4. The highest BCUT2D eigenvalue weighted by molar-refractivity contribution is 5.80. The SMILES string of the molecule is CCCCCCCCCCCCCCCCCCCCCCCCCCCCCCCC(O)C(O)C(CO)NC(=O)C(O)CCCCCCCCCCCCCCCCCCCCCCCCCC. The monoisotopic (exact) mass is 978 g/mol. The second-order valence-corrected chi connectivity index (χ2v) is 22.5. The summed E-state index contributed by atoms with van der Waals surface area (Å²) in [5, 5.41) is 44.2. The molecule has 6 nitrogen and oxygen atoms in total. The van der Waals surface area contributed by atoms with Crippen molar-refractivity contribution in [1.82, 2.24) is 5.32 Å². The normalized spacial score (nSPS) is 13.5. The van der Waals surface area contributed by atoms with Crippen LogP contribution in [0.15, 0.2) is 0 Å². The Balaban J connectivity index is 3.53. The van der Waals surface area contributed by atoms with Crippen molar-refractivity contribution in [3.8, 4) is 0 Å². The Kier molecular flexibility index (Phi) is 57.6. The van der Waals surface area contributed by atoms with Crippen LogP contribution >= 0.6 is 0 Å². The molecule has 0 bridgehead atoms. The Morgan fingerprint density at radius 1 is 0.304 bits per heavy atom. The highest BCUT2D eigenvalue weighted by Gasteiger charge is 2.28. The van der Waals surface area contributed by atoms with Crippen molar-refractivity contribution >= 4 is 5.91 Å². The maximum atomic E-state index is 12.6. The second kappa shape index (κ2) is 58.2. The van der Waals surface area contributed by atoms with E-state index in [2.05, 4.69) is 19.2 Å². The highest BCUT2D eigenvalue weighted by Crippen LogP contribution is 2.20. The van der Waals surface area contributed by atoms with Crippen LogP contribution in [-0.2, 0) is 4.79 Å². The molecule has 414 valence electrons. The first-order valence-corrected chi connectivity index (χ1v) is 31.9. The summed E-state index contributed by atoms with van der Waals surface area (Å²) in [4.78, 5) is 12.6. The number of aliphatic hydroxyl groups excluding tert-OH is 4. The maximum Gasteiger partial charge on any atom is 0.249 e. The fraction of sp³-hybridized carbons (Fsp3) is 0.984. The maximum absolute atomic E-state index is 12.6. The molecule has 0 spiro atoms. The van der Waals surface area contributed by atoms with E-state index in [1.54, 1.807) is 0 Å². The molecule has 0 fully saturated rings. The molecular formula is C63H127NO5. The zero-order chi connectivity index (χ0) is 50.2. The Bertz CT molecular complexity index is 964. The van der Waals surface area contributed by atoms with E-state index in [4.69, 9.17) is 0 Å². The van der Waals surface area contributed by atoms with Crippen LogP contribution in [0.25, 0.3) is 0 Å². The van der Waals surface area contributed by atoms with Gasteiger partial charge in [-0.3, -0.25) is 4.79 Å². The van der Waals surface area contributed by atoms with E-state index in [1.165, 1.54) is 302 Å². The smallest absolute Gasteiger partial charge is 0.249 e. The third-order valence-corrected chi connectivity index (χ3v) is 15.6. The minimum Gasteiger partial charge on any atom is -0.394 e. The van der Waals surface area contributed by atoms with E-state index < -0.39 is 36.9 Å². The standard InChI is InChI=1S/C63H127NO5/c1-3-5-7-9-11-13-15-17-19-21-23-25-27-29-30-31-32-33-35-36-38-40-42-44-46-48-50-52-54-56-60(66)62(68)59(58-65)64-63(69)61(67)57-55-53-51-49-47-45-43-41-39-37-34-28-26-24-22-20-18-16-14-12-10-8-6-4-2/h59-62,65-68H,3-58H2,1-2H3,(H,64,69). The summed E-state index contributed by atoms with van der Waals surface area (Å²) < 4.78 is 0. The molecule has 5 N–H and O–H groups in total. The molecule has 0 aromatic carbocycles. The summed E-state index contributed by atoms with van der Waals surface area (Å²) in [5.41, 5.74) is 0. The number of nitrogens with one attached hydrogen (secondary N) is 1. The lowest BCUT2D eigenvalue weighted by Gasteiger charge is -2.27. The number of carbonyl (C=O) groups is 1. The van der Waals surface area contributed by atoms with Gasteiger partial charge in [0.15, 0.2) is 0 Å². The molecule has 4 atom stereocenters. The van der Waals surface area contributed by atoms with E-state index in [1.807, 2.05) is 0 Å². The third-order valence-electron chi connectivity index (χ3n) is 15.6. The van der Waals surface area contributed by atoms with Gasteiger partial charge in [-0.1, -0.05) is 354 Å². The van der Waals surface area contributed by atoms with Crippen LogP contribution in [0, 0.1) is 0 Å². The van der Waals surface area contributed by atoms with Gasteiger partial charge in [0.2, 0.25) is 5.91 Å². The summed E-state index contributed by atoms with van der Waals surface area (Å²) >= 11 is 0. The number of hydrogen-bond acceptors (Lipinski definition) is 5. The van der Waals surface area contributed by atoms with Crippen LogP contribution in [-0.4, -0.2) is 57.3 Å². The van der Waals surface area contributed by atoms with Gasteiger partial charge in [0.05, 0.1) is 18.8 Å². The molecule has 0 heterocycles. The van der Waals surface area contributed by atoms with Gasteiger partial charge < -0.3 is 25.7 Å². The van der Waals surface area contributed by atoms with Crippen LogP contribution in [0.5, 0.6) is 0 Å². The third kappa shape index (κ3) is 52.0. The minimum atomic E-state index is -1.26.